The van der Waals surface area contributed by atoms with Crippen molar-refractivity contribution in [3.05, 3.63) is 43.8 Å². The van der Waals surface area contributed by atoms with E-state index in [-0.39, 0.29) is 18.4 Å². The van der Waals surface area contributed by atoms with Gasteiger partial charge in [0.1, 0.15) is 11.2 Å². The maximum Gasteiger partial charge on any atom is 0.280 e. The molecular formula is C18H17N3O5S. The van der Waals surface area contributed by atoms with Crippen LogP contribution < -0.4 is 20.1 Å². The van der Waals surface area contributed by atoms with E-state index in [1.165, 1.54) is 10.9 Å². The Kier molecular flexibility index (Phi) is 3.55. The second-order valence-corrected chi connectivity index (χ2v) is 8.23. The van der Waals surface area contributed by atoms with E-state index in [9.17, 15) is 14.9 Å². The van der Waals surface area contributed by atoms with E-state index >= 15 is 0 Å². The van der Waals surface area contributed by atoms with Gasteiger partial charge in [0.2, 0.25) is 6.79 Å². The summed E-state index contributed by atoms with van der Waals surface area (Å²) in [7, 11) is 0. The van der Waals surface area contributed by atoms with Crippen LogP contribution in [0.25, 0.3) is 0 Å². The summed E-state index contributed by atoms with van der Waals surface area (Å²) in [6.45, 7) is 2.24. The van der Waals surface area contributed by atoms with Gasteiger partial charge in [0.25, 0.3) is 11.6 Å². The molecule has 0 saturated heterocycles. The maximum absolute atomic E-state index is 12.8. The lowest BCUT2D eigenvalue weighted by molar-refractivity contribution is -0.385. The number of benzene rings is 1. The topological polar surface area (TPSA) is 103 Å². The SMILES string of the molecule is C[C@@H]1CCc2c(sc3c2C(=O)N[C@@H](c2cc4c(cc2[N+](=O)[O-])OCO4)N3)C1. The molecule has 2 aromatic rings. The molecule has 9 heteroatoms. The minimum Gasteiger partial charge on any atom is -0.454 e. The number of amides is 1. The third kappa shape index (κ3) is 2.53. The number of fused-ring (bicyclic) bond motifs is 4. The monoisotopic (exact) mass is 387 g/mol. The van der Waals surface area contributed by atoms with Crippen molar-refractivity contribution in [1.82, 2.24) is 5.32 Å². The Balaban J connectivity index is 1.56. The Morgan fingerprint density at radius 2 is 2.04 bits per heavy atom. The molecule has 0 fully saturated rings. The Hall–Kier alpha value is -2.81. The molecule has 27 heavy (non-hydrogen) atoms. The van der Waals surface area contributed by atoms with E-state index in [4.69, 9.17) is 9.47 Å². The average molecular weight is 387 g/mol. The Morgan fingerprint density at radius 1 is 1.26 bits per heavy atom. The maximum atomic E-state index is 12.8. The summed E-state index contributed by atoms with van der Waals surface area (Å²) in [6.07, 6.45) is 2.24. The minimum absolute atomic E-state index is 0.0281. The molecule has 2 N–H and O–H groups in total. The van der Waals surface area contributed by atoms with Crippen molar-refractivity contribution in [2.75, 3.05) is 12.1 Å². The molecule has 0 saturated carbocycles. The fourth-order valence-electron chi connectivity index (χ4n) is 3.95. The van der Waals surface area contributed by atoms with Crippen LogP contribution in [0.2, 0.25) is 0 Å². The smallest absolute Gasteiger partial charge is 0.280 e. The molecule has 1 amide bonds. The van der Waals surface area contributed by atoms with Crippen LogP contribution in [0, 0.1) is 16.0 Å². The number of carbonyl (C=O) groups excluding carboxylic acids is 1. The van der Waals surface area contributed by atoms with E-state index in [1.807, 2.05) is 0 Å². The van der Waals surface area contributed by atoms with Gasteiger partial charge < -0.3 is 20.1 Å². The Morgan fingerprint density at radius 3 is 2.81 bits per heavy atom. The molecule has 1 aliphatic carbocycles. The lowest BCUT2D eigenvalue weighted by atomic mass is 9.88. The minimum atomic E-state index is -0.697. The Labute approximate surface area is 158 Å². The molecule has 3 aliphatic rings. The predicted octanol–water partition coefficient (Wildman–Crippen LogP) is 3.36. The number of thiophene rings is 1. The van der Waals surface area contributed by atoms with E-state index in [1.54, 1.807) is 17.4 Å². The van der Waals surface area contributed by atoms with Crippen molar-refractivity contribution in [3.63, 3.8) is 0 Å². The summed E-state index contributed by atoms with van der Waals surface area (Å²) in [5.74, 6) is 1.20. The van der Waals surface area contributed by atoms with Gasteiger partial charge in [0.05, 0.1) is 22.1 Å². The highest BCUT2D eigenvalue weighted by Crippen LogP contribution is 2.45. The van der Waals surface area contributed by atoms with Crippen molar-refractivity contribution < 1.29 is 19.2 Å². The zero-order valence-corrected chi connectivity index (χ0v) is 15.4. The summed E-state index contributed by atoms with van der Waals surface area (Å²) < 4.78 is 10.6. The second kappa shape index (κ2) is 5.85. The summed E-state index contributed by atoms with van der Waals surface area (Å²) in [4.78, 5) is 25.2. The van der Waals surface area contributed by atoms with Crippen molar-refractivity contribution >= 4 is 27.9 Å². The highest BCUT2D eigenvalue weighted by Gasteiger charge is 2.36. The van der Waals surface area contributed by atoms with Crippen LogP contribution >= 0.6 is 11.3 Å². The number of hydrogen-bond acceptors (Lipinski definition) is 7. The van der Waals surface area contributed by atoms with Crippen molar-refractivity contribution in [1.29, 1.82) is 0 Å². The highest BCUT2D eigenvalue weighted by atomic mass is 32.1. The van der Waals surface area contributed by atoms with Gasteiger partial charge in [-0.25, -0.2) is 0 Å². The fraction of sp³-hybridized carbons (Fsp3) is 0.389. The second-order valence-electron chi connectivity index (χ2n) is 7.13. The summed E-state index contributed by atoms with van der Waals surface area (Å²) >= 11 is 1.59. The zero-order chi connectivity index (χ0) is 18.7. The van der Waals surface area contributed by atoms with Gasteiger partial charge in [-0.1, -0.05) is 6.92 Å². The first-order valence-electron chi connectivity index (χ1n) is 8.81. The number of nitrogens with one attached hydrogen (secondary N) is 2. The van der Waals surface area contributed by atoms with Crippen LogP contribution in [0.5, 0.6) is 11.5 Å². The third-order valence-electron chi connectivity index (χ3n) is 5.32. The lowest BCUT2D eigenvalue weighted by Crippen LogP contribution is -2.38. The number of anilines is 1. The average Bonchev–Trinajstić information content (AvgIpc) is 3.23. The molecule has 0 bridgehead atoms. The normalized spacial score (nSPS) is 22.5. The van der Waals surface area contributed by atoms with E-state index < -0.39 is 11.1 Å². The molecule has 2 atom stereocenters. The van der Waals surface area contributed by atoms with Crippen LogP contribution in [0.1, 0.15) is 45.9 Å². The van der Waals surface area contributed by atoms with Crippen molar-refractivity contribution in [2.45, 2.75) is 32.4 Å². The van der Waals surface area contributed by atoms with Crippen LogP contribution in [0.3, 0.4) is 0 Å². The molecule has 140 valence electrons. The number of nitrogens with zero attached hydrogens (tertiary/aromatic N) is 1. The standard InChI is InChI=1S/C18H17N3O5S/c1-8-2-3-9-14(4-8)27-18-15(9)17(22)19-16(20-18)10-5-12-13(26-7-25-12)6-11(10)21(23)24/h5-6,8,16,20H,2-4,7H2,1H3,(H,19,22)/t8-,16-/m1/s1. The third-order valence-corrected chi connectivity index (χ3v) is 6.50. The van der Waals surface area contributed by atoms with Gasteiger partial charge in [-0.05, 0) is 36.8 Å². The van der Waals surface area contributed by atoms with Crippen LogP contribution in [0.4, 0.5) is 10.7 Å². The molecule has 8 nitrogen and oxygen atoms in total. The molecule has 3 heterocycles. The first-order valence-corrected chi connectivity index (χ1v) is 9.62. The fourth-order valence-corrected chi connectivity index (χ4v) is 5.39. The molecular weight excluding hydrogens is 370 g/mol. The van der Waals surface area contributed by atoms with Crippen molar-refractivity contribution in [3.8, 4) is 11.5 Å². The molecule has 0 unspecified atom stereocenters. The van der Waals surface area contributed by atoms with E-state index in [0.29, 0.717) is 28.5 Å². The number of rotatable bonds is 2. The quantitative estimate of drug-likeness (QED) is 0.605. The summed E-state index contributed by atoms with van der Waals surface area (Å²) in [5.41, 5.74) is 2.05. The van der Waals surface area contributed by atoms with Gasteiger partial charge >= 0.3 is 0 Å². The van der Waals surface area contributed by atoms with Gasteiger partial charge in [0.15, 0.2) is 11.5 Å². The molecule has 0 radical (unpaired) electrons. The number of carbonyl (C=O) groups is 1. The molecule has 5 rings (SSSR count). The number of ether oxygens (including phenoxy) is 2. The first kappa shape index (κ1) is 16.4. The first-order chi connectivity index (χ1) is 13.0. The van der Waals surface area contributed by atoms with Gasteiger partial charge in [-0.15, -0.1) is 11.3 Å². The highest BCUT2D eigenvalue weighted by molar-refractivity contribution is 7.16. The van der Waals surface area contributed by atoms with Gasteiger partial charge in [0, 0.05) is 4.88 Å². The number of nitro groups is 1. The largest absolute Gasteiger partial charge is 0.454 e. The van der Waals surface area contributed by atoms with E-state index in [0.717, 1.165) is 29.8 Å². The predicted molar refractivity (Wildman–Crippen MR) is 98.6 cm³/mol. The Bertz CT molecular complexity index is 986. The molecule has 2 aliphatic heterocycles. The summed E-state index contributed by atoms with van der Waals surface area (Å²) in [6, 6.07) is 2.92. The van der Waals surface area contributed by atoms with Crippen LogP contribution in [-0.2, 0) is 12.8 Å². The molecule has 1 aromatic heterocycles. The zero-order valence-electron chi connectivity index (χ0n) is 14.5. The van der Waals surface area contributed by atoms with Gasteiger partial charge in [-0.3, -0.25) is 14.9 Å². The number of hydrogen-bond donors (Lipinski definition) is 2. The molecule has 0 spiro atoms. The van der Waals surface area contributed by atoms with Gasteiger partial charge in [-0.2, -0.15) is 0 Å². The summed E-state index contributed by atoms with van der Waals surface area (Å²) in [5, 5.41) is 18.5. The number of nitro benzene ring substituents is 1. The molecule has 1 aromatic carbocycles. The van der Waals surface area contributed by atoms with Crippen LogP contribution in [0.15, 0.2) is 12.1 Å². The van der Waals surface area contributed by atoms with E-state index in [2.05, 4.69) is 17.6 Å². The van der Waals surface area contributed by atoms with Crippen molar-refractivity contribution in [2.24, 2.45) is 5.92 Å². The lowest BCUT2D eigenvalue weighted by Gasteiger charge is -2.27. The van der Waals surface area contributed by atoms with Crippen LogP contribution in [-0.4, -0.2) is 17.6 Å².